The summed E-state index contributed by atoms with van der Waals surface area (Å²) in [4.78, 5) is 0. The van der Waals surface area contributed by atoms with E-state index in [-0.39, 0.29) is 0 Å². The van der Waals surface area contributed by atoms with Crippen molar-refractivity contribution in [3.8, 4) is 0 Å². The van der Waals surface area contributed by atoms with Crippen LogP contribution < -0.4 is 0 Å². The molecule has 4 unspecified atom stereocenters. The van der Waals surface area contributed by atoms with Gasteiger partial charge in [0.05, 0.1) is 0 Å². The van der Waals surface area contributed by atoms with E-state index in [2.05, 4.69) is 0 Å². The second-order valence-electron chi connectivity index (χ2n) is 4.70. The number of hydrogen-bond donors (Lipinski definition) is 4. The van der Waals surface area contributed by atoms with Gasteiger partial charge in [-0.25, -0.2) is 0 Å². The molecule has 104 valence electrons. The molecule has 0 amide bonds. The summed E-state index contributed by atoms with van der Waals surface area (Å²) in [5.74, 6) is 0. The standard InChI is InChI=1S/4C3H7O.Zr/c4*1-2-3-4;/h4*3-4H,2H2,1H3;. The summed E-state index contributed by atoms with van der Waals surface area (Å²) in [5.41, 5.74) is 0. The van der Waals surface area contributed by atoms with Gasteiger partial charge in [-0.2, -0.15) is 0 Å². The number of hydrogen-bond acceptors (Lipinski definition) is 4. The van der Waals surface area contributed by atoms with Crippen molar-refractivity contribution in [3.05, 3.63) is 0 Å². The second-order valence-corrected chi connectivity index (χ2v) is 16.2. The van der Waals surface area contributed by atoms with Crippen LogP contribution in [0.1, 0.15) is 53.4 Å². The summed E-state index contributed by atoms with van der Waals surface area (Å²) in [7, 11) is 0. The SMILES string of the molecule is CC[CH](O)[Zr]([CH](O)CC)([CH](O)CC)[CH](O)CC. The Morgan fingerprint density at radius 1 is 0.588 bits per heavy atom. The number of aliphatic hydroxyl groups is 4. The van der Waals surface area contributed by atoms with E-state index in [9.17, 15) is 20.4 Å². The van der Waals surface area contributed by atoms with Crippen LogP contribution in [0.5, 0.6) is 0 Å². The first-order valence-corrected chi connectivity index (χ1v) is 12.3. The van der Waals surface area contributed by atoms with E-state index >= 15 is 0 Å². The van der Waals surface area contributed by atoms with E-state index in [1.165, 1.54) is 0 Å². The van der Waals surface area contributed by atoms with Gasteiger partial charge in [-0.05, 0) is 0 Å². The zero-order valence-electron chi connectivity index (χ0n) is 11.4. The van der Waals surface area contributed by atoms with Crippen molar-refractivity contribution >= 4 is 0 Å². The molecule has 17 heavy (non-hydrogen) atoms. The summed E-state index contributed by atoms with van der Waals surface area (Å²) in [6, 6.07) is 0. The Morgan fingerprint density at radius 3 is 0.882 bits per heavy atom. The van der Waals surface area contributed by atoms with Gasteiger partial charge in [0.15, 0.2) is 0 Å². The fourth-order valence-electron chi connectivity index (χ4n) is 2.75. The summed E-state index contributed by atoms with van der Waals surface area (Å²) < 4.78 is -2.82. The molecule has 5 heteroatoms. The van der Waals surface area contributed by atoms with Gasteiger partial charge in [0.25, 0.3) is 0 Å². The van der Waals surface area contributed by atoms with Gasteiger partial charge in [0.2, 0.25) is 0 Å². The van der Waals surface area contributed by atoms with Gasteiger partial charge >= 0.3 is 109 Å². The summed E-state index contributed by atoms with van der Waals surface area (Å²) in [5, 5.41) is 41.1. The average molecular weight is 328 g/mol. The van der Waals surface area contributed by atoms with Crippen LogP contribution in [0, 0.1) is 0 Å². The molecule has 0 bridgehead atoms. The van der Waals surface area contributed by atoms with Gasteiger partial charge in [-0.15, -0.1) is 0 Å². The Kier molecular flexibility index (Phi) is 8.35. The molecule has 0 aromatic heterocycles. The molecule has 0 aliphatic carbocycles. The van der Waals surface area contributed by atoms with E-state index in [1.807, 2.05) is 27.7 Å². The molecule has 0 saturated heterocycles. The van der Waals surface area contributed by atoms with Gasteiger partial charge in [0, 0.05) is 0 Å². The molecule has 4 nitrogen and oxygen atoms in total. The van der Waals surface area contributed by atoms with Crippen molar-refractivity contribution in [1.29, 1.82) is 0 Å². The van der Waals surface area contributed by atoms with Gasteiger partial charge in [-0.1, -0.05) is 0 Å². The van der Waals surface area contributed by atoms with Crippen molar-refractivity contribution < 1.29 is 40.7 Å². The Labute approximate surface area is 109 Å². The van der Waals surface area contributed by atoms with Crippen molar-refractivity contribution in [2.24, 2.45) is 0 Å². The average Bonchev–Trinajstić information content (AvgIpc) is 2.37. The zero-order chi connectivity index (χ0) is 13.6. The van der Waals surface area contributed by atoms with E-state index in [0.29, 0.717) is 25.7 Å². The number of aliphatic hydroxyl groups excluding tert-OH is 4. The molecule has 0 aliphatic heterocycles. The maximum atomic E-state index is 10.3. The van der Waals surface area contributed by atoms with Crippen molar-refractivity contribution in [2.45, 2.75) is 68.6 Å². The molecule has 0 aromatic rings. The third kappa shape index (κ3) is 3.39. The fraction of sp³-hybridized carbons (Fsp3) is 1.00. The first kappa shape index (κ1) is 17.7. The molecule has 0 saturated carbocycles. The van der Waals surface area contributed by atoms with Crippen molar-refractivity contribution in [2.75, 3.05) is 0 Å². The summed E-state index contributed by atoms with van der Waals surface area (Å²) in [6.07, 6.45) is 1.95. The zero-order valence-corrected chi connectivity index (χ0v) is 13.9. The van der Waals surface area contributed by atoms with Crippen LogP contribution in [0.15, 0.2) is 0 Å². The predicted molar refractivity (Wildman–Crippen MR) is 65.2 cm³/mol. The van der Waals surface area contributed by atoms with E-state index in [0.717, 1.165) is 0 Å². The maximum absolute atomic E-state index is 10.3. The number of rotatable bonds is 8. The quantitative estimate of drug-likeness (QED) is 0.537. The minimum absolute atomic E-state index is 0.487. The van der Waals surface area contributed by atoms with Gasteiger partial charge in [-0.3, -0.25) is 0 Å². The molecule has 4 atom stereocenters. The van der Waals surface area contributed by atoms with Crippen LogP contribution in [0.2, 0.25) is 0 Å². The normalized spacial score (nSPS) is 22.6. The third-order valence-corrected chi connectivity index (χ3v) is 19.2. The molecule has 0 radical (unpaired) electrons. The molecular weight excluding hydrogens is 299 g/mol. The second kappa shape index (κ2) is 8.01. The minimum atomic E-state index is -3.88. The Bertz CT molecular complexity index is 167. The van der Waals surface area contributed by atoms with Crippen LogP contribution in [-0.4, -0.2) is 35.7 Å². The van der Waals surface area contributed by atoms with Gasteiger partial charge < -0.3 is 0 Å². The van der Waals surface area contributed by atoms with Crippen LogP contribution in [-0.2, 0) is 20.3 Å². The van der Waals surface area contributed by atoms with Crippen LogP contribution >= 0.6 is 0 Å². The predicted octanol–water partition coefficient (Wildman–Crippen LogP) is 1.05. The third-order valence-electron chi connectivity index (χ3n) is 3.86. The molecular formula is C12H28O4Zr. The monoisotopic (exact) mass is 326 g/mol. The molecule has 0 heterocycles. The Balaban J connectivity index is 5.51. The van der Waals surface area contributed by atoms with E-state index in [1.54, 1.807) is 0 Å². The van der Waals surface area contributed by atoms with Gasteiger partial charge in [0.1, 0.15) is 0 Å². The Hall–Kier alpha value is 0.723. The molecule has 0 spiro atoms. The molecule has 0 rings (SSSR count). The van der Waals surface area contributed by atoms with Crippen molar-refractivity contribution in [3.63, 3.8) is 0 Å². The Morgan fingerprint density at radius 2 is 0.765 bits per heavy atom. The van der Waals surface area contributed by atoms with E-state index < -0.39 is 35.5 Å². The van der Waals surface area contributed by atoms with Crippen LogP contribution in [0.3, 0.4) is 0 Å². The molecule has 0 fully saturated rings. The molecule has 0 aliphatic rings. The van der Waals surface area contributed by atoms with Crippen LogP contribution in [0.25, 0.3) is 0 Å². The van der Waals surface area contributed by atoms with Crippen LogP contribution in [0.4, 0.5) is 0 Å². The topological polar surface area (TPSA) is 80.9 Å². The molecule has 0 aromatic carbocycles. The summed E-state index contributed by atoms with van der Waals surface area (Å²) in [6.45, 7) is 7.35. The fourth-order valence-corrected chi connectivity index (χ4v) is 16.2. The first-order chi connectivity index (χ1) is 7.93. The van der Waals surface area contributed by atoms with Crippen molar-refractivity contribution in [1.82, 2.24) is 0 Å². The molecule has 4 N–H and O–H groups in total. The first-order valence-electron chi connectivity index (χ1n) is 6.65. The summed E-state index contributed by atoms with van der Waals surface area (Å²) >= 11 is -3.88. The van der Waals surface area contributed by atoms with E-state index in [4.69, 9.17) is 0 Å².